The molecule has 0 saturated heterocycles. The molecule has 0 aliphatic heterocycles. The predicted octanol–water partition coefficient (Wildman–Crippen LogP) is 2.76. The average molecular weight is 243 g/mol. The highest BCUT2D eigenvalue weighted by Gasteiger charge is 2.10. The molecule has 0 aliphatic carbocycles. The van der Waals surface area contributed by atoms with E-state index in [2.05, 4.69) is 0 Å². The van der Waals surface area contributed by atoms with Crippen molar-refractivity contribution >= 4 is 21.6 Å². The van der Waals surface area contributed by atoms with Crippen LogP contribution in [0.2, 0.25) is 0 Å². The Hall–Kier alpha value is -2.07. The van der Waals surface area contributed by atoms with E-state index in [1.807, 2.05) is 18.2 Å². The van der Waals surface area contributed by atoms with E-state index in [1.165, 1.54) is 15.5 Å². The second-order valence-corrected chi connectivity index (χ2v) is 4.66. The Morgan fingerprint density at radius 2 is 1.71 bits per heavy atom. The Morgan fingerprint density at radius 3 is 2.47 bits per heavy atom. The lowest BCUT2D eigenvalue weighted by atomic mass is 10.2. The van der Waals surface area contributed by atoms with Crippen molar-refractivity contribution in [2.75, 3.05) is 0 Å². The molecule has 3 nitrogen and oxygen atoms in total. The van der Waals surface area contributed by atoms with Crippen LogP contribution in [0.4, 0.5) is 0 Å². The van der Waals surface area contributed by atoms with Crippen LogP contribution in [-0.4, -0.2) is 9.06 Å². The van der Waals surface area contributed by atoms with Gasteiger partial charge in [-0.2, -0.15) is 0 Å². The van der Waals surface area contributed by atoms with E-state index in [4.69, 9.17) is 0 Å². The van der Waals surface area contributed by atoms with Crippen molar-refractivity contribution in [3.8, 4) is 11.4 Å². The Morgan fingerprint density at radius 1 is 1.00 bits per heavy atom. The molecular weight excluding hydrogens is 234 g/mol. The number of para-hydroxylation sites is 2. The van der Waals surface area contributed by atoms with E-state index >= 15 is 0 Å². The zero-order valence-electron chi connectivity index (χ0n) is 8.83. The molecule has 0 radical (unpaired) electrons. The number of fused-ring (bicyclic) bond motifs is 1. The van der Waals surface area contributed by atoms with Crippen LogP contribution in [0.3, 0.4) is 0 Å². The molecule has 0 spiro atoms. The first-order valence-corrected chi connectivity index (χ1v) is 5.94. The Kier molecular flexibility index (Phi) is 2.23. The smallest absolute Gasteiger partial charge is 0.273 e. The monoisotopic (exact) mass is 243 g/mol. The molecular formula is C13H9NO2S. The second kappa shape index (κ2) is 3.75. The summed E-state index contributed by atoms with van der Waals surface area (Å²) in [6.45, 7) is 0. The molecule has 0 fully saturated rings. The first-order chi connectivity index (χ1) is 8.27. The highest BCUT2D eigenvalue weighted by Crippen LogP contribution is 2.25. The maximum Gasteiger partial charge on any atom is 0.273 e. The Balaban J connectivity index is 2.36. The summed E-state index contributed by atoms with van der Waals surface area (Å²) in [6.07, 6.45) is 0. The lowest BCUT2D eigenvalue weighted by Crippen LogP contribution is -2.10. The summed E-state index contributed by atoms with van der Waals surface area (Å²) in [7, 11) is 0. The van der Waals surface area contributed by atoms with Crippen LogP contribution in [-0.2, 0) is 0 Å². The fraction of sp³-hybridized carbons (Fsp3) is 0. The molecule has 3 aromatic rings. The fourth-order valence-electron chi connectivity index (χ4n) is 1.77. The standard InChI is InChI=1S/C13H9NO2S/c15-11-7-3-2-6-10(11)14-13(16)9-5-1-4-8-12(9)17-14/h1-8,15H. The molecule has 17 heavy (non-hydrogen) atoms. The van der Waals surface area contributed by atoms with Crippen molar-refractivity contribution in [3.63, 3.8) is 0 Å². The first kappa shape index (κ1) is 10.1. The van der Waals surface area contributed by atoms with Crippen molar-refractivity contribution in [2.24, 2.45) is 0 Å². The van der Waals surface area contributed by atoms with Gasteiger partial charge in [-0.25, -0.2) is 3.96 Å². The van der Waals surface area contributed by atoms with Crippen molar-refractivity contribution in [2.45, 2.75) is 0 Å². The number of nitrogens with zero attached hydrogens (tertiary/aromatic N) is 1. The summed E-state index contributed by atoms with van der Waals surface area (Å²) in [5.74, 6) is 0.112. The minimum atomic E-state index is -0.0906. The van der Waals surface area contributed by atoms with Gasteiger partial charge in [-0.1, -0.05) is 35.8 Å². The van der Waals surface area contributed by atoms with Crippen molar-refractivity contribution in [1.29, 1.82) is 0 Å². The SMILES string of the molecule is O=c1c2ccccc2sn1-c1ccccc1O. The summed E-state index contributed by atoms with van der Waals surface area (Å²) in [5.41, 5.74) is 0.436. The van der Waals surface area contributed by atoms with Crippen LogP contribution in [0.25, 0.3) is 15.8 Å². The Bertz CT molecular complexity index is 742. The number of hydrogen-bond acceptors (Lipinski definition) is 3. The summed E-state index contributed by atoms with van der Waals surface area (Å²) < 4.78 is 2.43. The van der Waals surface area contributed by atoms with E-state index in [1.54, 1.807) is 30.3 Å². The third-order valence-electron chi connectivity index (χ3n) is 2.59. The maximum absolute atomic E-state index is 12.1. The number of phenols is 1. The highest BCUT2D eigenvalue weighted by molar-refractivity contribution is 7.14. The van der Waals surface area contributed by atoms with Gasteiger partial charge < -0.3 is 5.11 Å². The van der Waals surface area contributed by atoms with Crippen LogP contribution in [0, 0.1) is 0 Å². The minimum absolute atomic E-state index is 0.0906. The van der Waals surface area contributed by atoms with Crippen LogP contribution >= 0.6 is 11.5 Å². The zero-order valence-corrected chi connectivity index (χ0v) is 9.65. The topological polar surface area (TPSA) is 42.2 Å². The van der Waals surface area contributed by atoms with Gasteiger partial charge in [0, 0.05) is 0 Å². The predicted molar refractivity (Wildman–Crippen MR) is 69.1 cm³/mol. The highest BCUT2D eigenvalue weighted by atomic mass is 32.1. The van der Waals surface area contributed by atoms with Crippen molar-refractivity contribution in [3.05, 3.63) is 58.9 Å². The van der Waals surface area contributed by atoms with Gasteiger partial charge in [-0.3, -0.25) is 4.79 Å². The maximum atomic E-state index is 12.1. The van der Waals surface area contributed by atoms with Crippen molar-refractivity contribution in [1.82, 2.24) is 3.96 Å². The molecule has 84 valence electrons. The van der Waals surface area contributed by atoms with Gasteiger partial charge in [-0.05, 0) is 24.3 Å². The lowest BCUT2D eigenvalue weighted by Gasteiger charge is -2.01. The number of benzene rings is 2. The first-order valence-electron chi connectivity index (χ1n) is 5.17. The number of phenolic OH excluding ortho intramolecular Hbond substituents is 1. The number of hydrogen-bond donors (Lipinski definition) is 1. The van der Waals surface area contributed by atoms with Gasteiger partial charge in [-0.15, -0.1) is 0 Å². The third-order valence-corrected chi connectivity index (χ3v) is 3.69. The van der Waals surface area contributed by atoms with Gasteiger partial charge in [0.05, 0.1) is 10.1 Å². The van der Waals surface area contributed by atoms with E-state index in [9.17, 15) is 9.90 Å². The van der Waals surface area contributed by atoms with E-state index in [0.29, 0.717) is 11.1 Å². The molecule has 0 atom stereocenters. The van der Waals surface area contributed by atoms with Crippen LogP contribution in [0.1, 0.15) is 0 Å². The van der Waals surface area contributed by atoms with Gasteiger partial charge in [0.1, 0.15) is 11.4 Å². The lowest BCUT2D eigenvalue weighted by molar-refractivity contribution is 0.473. The molecule has 1 heterocycles. The summed E-state index contributed by atoms with van der Waals surface area (Å²) in [5, 5.41) is 10.4. The molecule has 0 bridgehead atoms. The molecule has 0 aliphatic rings. The van der Waals surface area contributed by atoms with E-state index < -0.39 is 0 Å². The quantitative estimate of drug-likeness (QED) is 0.714. The summed E-state index contributed by atoms with van der Waals surface area (Å²) in [4.78, 5) is 12.1. The van der Waals surface area contributed by atoms with Gasteiger partial charge >= 0.3 is 0 Å². The molecule has 1 N–H and O–H groups in total. The molecule has 3 rings (SSSR count). The van der Waals surface area contributed by atoms with E-state index in [0.717, 1.165) is 4.70 Å². The number of rotatable bonds is 1. The molecule has 0 saturated carbocycles. The second-order valence-electron chi connectivity index (χ2n) is 3.68. The molecule has 0 amide bonds. The van der Waals surface area contributed by atoms with Gasteiger partial charge in [0.15, 0.2) is 0 Å². The summed E-state index contributed by atoms with van der Waals surface area (Å²) >= 11 is 1.34. The van der Waals surface area contributed by atoms with Crippen LogP contribution < -0.4 is 5.56 Å². The normalized spacial score (nSPS) is 10.8. The molecule has 4 heteroatoms. The number of aromatic hydroxyl groups is 1. The molecule has 1 aromatic heterocycles. The zero-order chi connectivity index (χ0) is 11.8. The van der Waals surface area contributed by atoms with Gasteiger partial charge in [0.2, 0.25) is 0 Å². The van der Waals surface area contributed by atoms with Crippen LogP contribution in [0.15, 0.2) is 53.3 Å². The van der Waals surface area contributed by atoms with Crippen molar-refractivity contribution < 1.29 is 5.11 Å². The summed E-state index contributed by atoms with van der Waals surface area (Å²) in [6, 6.07) is 14.3. The largest absolute Gasteiger partial charge is 0.506 e. The molecule has 2 aromatic carbocycles. The Labute approximate surface area is 101 Å². The molecule has 0 unspecified atom stereocenters. The number of aromatic nitrogens is 1. The minimum Gasteiger partial charge on any atom is -0.506 e. The van der Waals surface area contributed by atoms with E-state index in [-0.39, 0.29) is 11.3 Å². The van der Waals surface area contributed by atoms with Gasteiger partial charge in [0.25, 0.3) is 5.56 Å². The third kappa shape index (κ3) is 1.54. The average Bonchev–Trinajstić information content (AvgIpc) is 2.68. The van der Waals surface area contributed by atoms with Crippen LogP contribution in [0.5, 0.6) is 5.75 Å². The fourth-order valence-corrected chi connectivity index (χ4v) is 2.79.